The number of nitrogens with one attached hydrogen (secondary N) is 1. The van der Waals surface area contributed by atoms with E-state index in [4.69, 9.17) is 9.15 Å². The van der Waals surface area contributed by atoms with Gasteiger partial charge in [-0.15, -0.1) is 0 Å². The first-order valence-electron chi connectivity index (χ1n) is 5.16. The van der Waals surface area contributed by atoms with Crippen molar-refractivity contribution in [1.29, 1.82) is 0 Å². The van der Waals surface area contributed by atoms with Crippen LogP contribution in [0, 0.1) is 10.1 Å². The molecule has 2 aromatic rings. The second kappa shape index (κ2) is 5.17. The van der Waals surface area contributed by atoms with Gasteiger partial charge in [-0.3, -0.25) is 14.9 Å². The Morgan fingerprint density at radius 3 is 2.74 bits per heavy atom. The summed E-state index contributed by atoms with van der Waals surface area (Å²) in [5.74, 6) is -0.827. The highest BCUT2D eigenvalue weighted by Gasteiger charge is 2.17. The molecule has 0 aliphatic rings. The van der Waals surface area contributed by atoms with E-state index < -0.39 is 16.7 Å². The van der Waals surface area contributed by atoms with Gasteiger partial charge in [0.2, 0.25) is 5.88 Å². The van der Waals surface area contributed by atoms with Crippen LogP contribution in [0.15, 0.2) is 34.9 Å². The number of aromatic nitrogens is 1. The van der Waals surface area contributed by atoms with Crippen LogP contribution in [-0.2, 0) is 0 Å². The normalized spacial score (nSPS) is 9.95. The molecular weight excluding hydrogens is 254 g/mol. The van der Waals surface area contributed by atoms with Gasteiger partial charge in [-0.1, -0.05) is 0 Å². The minimum atomic E-state index is -0.717. The molecule has 0 aromatic carbocycles. The number of anilines is 1. The van der Waals surface area contributed by atoms with Crippen LogP contribution in [0.25, 0.3) is 0 Å². The molecule has 0 spiro atoms. The van der Waals surface area contributed by atoms with Gasteiger partial charge in [-0.25, -0.2) is 4.98 Å². The molecule has 1 amide bonds. The number of hydrogen-bond acceptors (Lipinski definition) is 6. The monoisotopic (exact) mass is 263 g/mol. The molecule has 0 atom stereocenters. The lowest BCUT2D eigenvalue weighted by Crippen LogP contribution is -2.11. The van der Waals surface area contributed by atoms with Gasteiger partial charge in [0.25, 0.3) is 5.91 Å². The molecule has 19 heavy (non-hydrogen) atoms. The maximum atomic E-state index is 11.7. The van der Waals surface area contributed by atoms with E-state index in [9.17, 15) is 14.9 Å². The molecule has 98 valence electrons. The van der Waals surface area contributed by atoms with Crippen molar-refractivity contribution in [3.8, 4) is 5.88 Å². The highest BCUT2D eigenvalue weighted by Crippen LogP contribution is 2.17. The van der Waals surface area contributed by atoms with Crippen LogP contribution in [0.3, 0.4) is 0 Å². The first kappa shape index (κ1) is 12.6. The van der Waals surface area contributed by atoms with Gasteiger partial charge in [0, 0.05) is 6.07 Å². The number of hydrogen-bond donors (Lipinski definition) is 1. The second-order valence-corrected chi connectivity index (χ2v) is 3.44. The number of methoxy groups -OCH3 is 1. The highest BCUT2D eigenvalue weighted by atomic mass is 16.6. The van der Waals surface area contributed by atoms with Gasteiger partial charge in [0.1, 0.15) is 4.92 Å². The molecule has 0 bridgehead atoms. The number of nitrogens with zero attached hydrogens (tertiary/aromatic N) is 2. The van der Waals surface area contributed by atoms with Crippen LogP contribution in [0.4, 0.5) is 11.6 Å². The Morgan fingerprint density at radius 2 is 2.21 bits per heavy atom. The van der Waals surface area contributed by atoms with E-state index in [1.807, 2.05) is 0 Å². The molecule has 0 radical (unpaired) electrons. The molecule has 2 aromatic heterocycles. The molecule has 1 N–H and O–H groups in total. The quantitative estimate of drug-likeness (QED) is 0.666. The van der Waals surface area contributed by atoms with Crippen LogP contribution >= 0.6 is 0 Å². The van der Waals surface area contributed by atoms with Crippen molar-refractivity contribution in [2.45, 2.75) is 0 Å². The predicted octanol–water partition coefficient (Wildman–Crippen LogP) is 1.84. The molecule has 0 aliphatic carbocycles. The summed E-state index contributed by atoms with van der Waals surface area (Å²) in [5.41, 5.74) is 0.421. The summed E-state index contributed by atoms with van der Waals surface area (Å²) >= 11 is 0. The number of carbonyl (C=O) groups is 1. The summed E-state index contributed by atoms with van der Waals surface area (Å²) in [5, 5.41) is 12.9. The molecule has 8 nitrogen and oxygen atoms in total. The fourth-order valence-corrected chi connectivity index (χ4v) is 1.32. The fourth-order valence-electron chi connectivity index (χ4n) is 1.32. The molecule has 0 saturated heterocycles. The molecule has 2 rings (SSSR count). The van der Waals surface area contributed by atoms with E-state index in [2.05, 4.69) is 10.3 Å². The van der Waals surface area contributed by atoms with Crippen molar-refractivity contribution in [3.63, 3.8) is 0 Å². The van der Waals surface area contributed by atoms with Gasteiger partial charge in [0.05, 0.1) is 25.1 Å². The summed E-state index contributed by atoms with van der Waals surface area (Å²) in [7, 11) is 1.47. The second-order valence-electron chi connectivity index (χ2n) is 3.44. The van der Waals surface area contributed by atoms with Crippen LogP contribution in [0.1, 0.15) is 10.6 Å². The number of rotatable bonds is 4. The molecular formula is C11H9N3O5. The number of amides is 1. The largest absolute Gasteiger partial charge is 0.481 e. The lowest BCUT2D eigenvalue weighted by atomic mass is 10.3. The Bertz CT molecular complexity index is 605. The Labute approximate surface area is 107 Å². The Balaban J connectivity index is 2.08. The van der Waals surface area contributed by atoms with Crippen LogP contribution in [0.5, 0.6) is 5.88 Å². The molecule has 0 aliphatic heterocycles. The van der Waals surface area contributed by atoms with Crippen molar-refractivity contribution < 1.29 is 18.9 Å². The summed E-state index contributed by atoms with van der Waals surface area (Å²) in [4.78, 5) is 25.3. The summed E-state index contributed by atoms with van der Waals surface area (Å²) in [6.07, 6.45) is 1.40. The van der Waals surface area contributed by atoms with Crippen molar-refractivity contribution >= 4 is 17.5 Å². The third-order valence-corrected chi connectivity index (χ3v) is 2.20. The molecule has 0 unspecified atom stereocenters. The average molecular weight is 263 g/mol. The van der Waals surface area contributed by atoms with Crippen LogP contribution in [0.2, 0.25) is 0 Å². The van der Waals surface area contributed by atoms with Gasteiger partial charge in [-0.05, 0) is 12.1 Å². The summed E-state index contributed by atoms with van der Waals surface area (Å²) in [6.45, 7) is 0. The Kier molecular flexibility index (Phi) is 3.42. The first-order valence-corrected chi connectivity index (χ1v) is 5.16. The predicted molar refractivity (Wildman–Crippen MR) is 64.1 cm³/mol. The topological polar surface area (TPSA) is 108 Å². The van der Waals surface area contributed by atoms with Crippen molar-refractivity contribution in [2.24, 2.45) is 0 Å². The highest BCUT2D eigenvalue weighted by molar-refractivity contribution is 6.02. The van der Waals surface area contributed by atoms with E-state index in [0.29, 0.717) is 11.6 Å². The number of nitro groups is 1. The lowest BCUT2D eigenvalue weighted by molar-refractivity contribution is -0.402. The smallest absolute Gasteiger partial charge is 0.433 e. The van der Waals surface area contributed by atoms with Crippen molar-refractivity contribution in [1.82, 2.24) is 4.98 Å². The zero-order valence-corrected chi connectivity index (χ0v) is 9.82. The third-order valence-electron chi connectivity index (χ3n) is 2.20. The van der Waals surface area contributed by atoms with E-state index in [0.717, 1.165) is 6.07 Å². The molecule has 0 fully saturated rings. The number of furan rings is 1. The summed E-state index contributed by atoms with van der Waals surface area (Å²) < 4.78 is 9.64. The van der Waals surface area contributed by atoms with E-state index >= 15 is 0 Å². The number of carbonyl (C=O) groups excluding carboxylic acids is 1. The SMILES string of the molecule is COc1ccc(NC(=O)c2ccc([N+](=O)[O-])o2)cn1. The van der Waals surface area contributed by atoms with Gasteiger partial charge < -0.3 is 14.5 Å². The van der Waals surface area contributed by atoms with Crippen molar-refractivity contribution in [3.05, 3.63) is 46.3 Å². The zero-order chi connectivity index (χ0) is 13.8. The van der Waals surface area contributed by atoms with E-state index in [-0.39, 0.29) is 5.76 Å². The maximum absolute atomic E-state index is 11.7. The zero-order valence-electron chi connectivity index (χ0n) is 9.82. The first-order chi connectivity index (χ1) is 9.10. The van der Waals surface area contributed by atoms with E-state index in [1.54, 1.807) is 12.1 Å². The number of pyridine rings is 1. The minimum absolute atomic E-state index is 0.150. The third kappa shape index (κ3) is 2.86. The molecule has 0 saturated carbocycles. The van der Waals surface area contributed by atoms with Gasteiger partial charge in [-0.2, -0.15) is 0 Å². The van der Waals surface area contributed by atoms with Gasteiger partial charge >= 0.3 is 5.88 Å². The lowest BCUT2D eigenvalue weighted by Gasteiger charge is -2.03. The molecule has 2 heterocycles. The van der Waals surface area contributed by atoms with Gasteiger partial charge in [0.15, 0.2) is 5.76 Å². The number of ether oxygens (including phenoxy) is 1. The van der Waals surface area contributed by atoms with E-state index in [1.165, 1.54) is 19.4 Å². The minimum Gasteiger partial charge on any atom is -0.481 e. The molecule has 8 heteroatoms. The maximum Gasteiger partial charge on any atom is 0.433 e. The van der Waals surface area contributed by atoms with Crippen LogP contribution < -0.4 is 10.1 Å². The Hall–Kier alpha value is -2.90. The Morgan fingerprint density at radius 1 is 1.42 bits per heavy atom. The van der Waals surface area contributed by atoms with Crippen LogP contribution in [-0.4, -0.2) is 22.9 Å². The standard InChI is InChI=1S/C11H9N3O5/c1-18-9-4-2-7(6-12-9)13-11(15)8-3-5-10(19-8)14(16)17/h2-6H,1H3,(H,13,15). The average Bonchev–Trinajstić information content (AvgIpc) is 2.89. The van der Waals surface area contributed by atoms with Crippen molar-refractivity contribution in [2.75, 3.05) is 12.4 Å². The fraction of sp³-hybridized carbons (Fsp3) is 0.0909. The summed E-state index contributed by atoms with van der Waals surface area (Å²) in [6, 6.07) is 5.49.